The molecule has 0 aliphatic heterocycles. The Labute approximate surface area is 79.3 Å². The molecule has 0 unspecified atom stereocenters. The van der Waals surface area contributed by atoms with Crippen LogP contribution in [-0.2, 0) is 7.67 Å². The molecule has 5 heteroatoms. The van der Waals surface area contributed by atoms with Crippen LogP contribution in [0.15, 0.2) is 30.3 Å². The average molecular weight is 248 g/mol. The number of hydrogen-bond donors (Lipinski definition) is 0. The fourth-order valence-corrected chi connectivity index (χ4v) is 1.73. The van der Waals surface area contributed by atoms with Gasteiger partial charge in [0.05, 0.1) is 0 Å². The number of para-hydroxylation sites is 1. The van der Waals surface area contributed by atoms with Gasteiger partial charge in [-0.1, -0.05) is 0 Å². The van der Waals surface area contributed by atoms with E-state index in [9.17, 15) is 7.67 Å². The van der Waals surface area contributed by atoms with Gasteiger partial charge in [-0.2, -0.15) is 0 Å². The number of hydrogen-bond acceptors (Lipinski definition) is 3. The first-order valence-electron chi connectivity index (χ1n) is 3.69. The summed E-state index contributed by atoms with van der Waals surface area (Å²) in [6, 6.07) is 8.44. The number of benzene rings is 1. The number of nitrogens with zero attached hydrogens (tertiary/aromatic N) is 1. The van der Waals surface area contributed by atoms with Crippen LogP contribution in [0.1, 0.15) is 0 Å². The van der Waals surface area contributed by atoms with Crippen LogP contribution in [0.5, 0.6) is 5.75 Å². The Morgan fingerprint density at radius 3 is 2.15 bits per heavy atom. The first-order valence-corrected chi connectivity index (χ1v) is 6.56. The standard InChI is InChI=1S/C8H11NO3Se/c1-9(2)13(10,11)12-8-6-4-3-5-7-8/h3-7H,1-2H3. The fraction of sp³-hybridized carbons (Fsp3) is 0.250. The topological polar surface area (TPSA) is 46.6 Å². The van der Waals surface area contributed by atoms with Crippen LogP contribution >= 0.6 is 0 Å². The van der Waals surface area contributed by atoms with Gasteiger partial charge in [-0.25, -0.2) is 0 Å². The zero-order valence-electron chi connectivity index (χ0n) is 7.47. The Bertz CT molecular complexity index is 358. The van der Waals surface area contributed by atoms with Gasteiger partial charge in [0, 0.05) is 0 Å². The Hall–Kier alpha value is -0.901. The molecule has 13 heavy (non-hydrogen) atoms. The molecule has 0 amide bonds. The zero-order valence-corrected chi connectivity index (χ0v) is 9.18. The van der Waals surface area contributed by atoms with E-state index in [4.69, 9.17) is 3.82 Å². The summed E-state index contributed by atoms with van der Waals surface area (Å²) < 4.78 is 28.5. The first kappa shape index (κ1) is 10.2. The molecule has 1 aromatic carbocycles. The van der Waals surface area contributed by atoms with Gasteiger partial charge in [-0.15, -0.1) is 0 Å². The van der Waals surface area contributed by atoms with Crippen molar-refractivity contribution in [3.63, 3.8) is 0 Å². The van der Waals surface area contributed by atoms with Crippen LogP contribution in [0, 0.1) is 0 Å². The molecular weight excluding hydrogens is 237 g/mol. The van der Waals surface area contributed by atoms with E-state index in [-0.39, 0.29) is 0 Å². The SMILES string of the molecule is CN(C)[Se](=O)(=O)Oc1ccccc1. The van der Waals surface area contributed by atoms with Gasteiger partial charge in [0.25, 0.3) is 0 Å². The van der Waals surface area contributed by atoms with Crippen molar-refractivity contribution in [1.82, 2.24) is 3.92 Å². The predicted octanol–water partition coefficient (Wildman–Crippen LogP) is 0.924. The quantitative estimate of drug-likeness (QED) is 0.746. The van der Waals surface area contributed by atoms with Crippen molar-refractivity contribution in [2.75, 3.05) is 14.1 Å². The fourth-order valence-electron chi connectivity index (χ4n) is 0.672. The Morgan fingerprint density at radius 1 is 1.15 bits per heavy atom. The summed E-state index contributed by atoms with van der Waals surface area (Å²) in [7, 11) is 2.89. The van der Waals surface area contributed by atoms with E-state index < -0.39 is 13.3 Å². The second-order valence-electron chi connectivity index (χ2n) is 2.64. The van der Waals surface area contributed by atoms with Gasteiger partial charge < -0.3 is 0 Å². The van der Waals surface area contributed by atoms with Gasteiger partial charge in [0.2, 0.25) is 0 Å². The van der Waals surface area contributed by atoms with E-state index in [1.54, 1.807) is 30.3 Å². The molecule has 72 valence electrons. The van der Waals surface area contributed by atoms with Crippen LogP contribution in [0.25, 0.3) is 0 Å². The summed E-state index contributed by atoms with van der Waals surface area (Å²) >= 11 is -4.37. The Kier molecular flexibility index (Phi) is 3.03. The van der Waals surface area contributed by atoms with Crippen molar-refractivity contribution < 1.29 is 11.5 Å². The van der Waals surface area contributed by atoms with E-state index in [2.05, 4.69) is 0 Å². The molecule has 0 spiro atoms. The zero-order chi connectivity index (χ0) is 9.90. The summed E-state index contributed by atoms with van der Waals surface area (Å²) in [6.07, 6.45) is 0. The van der Waals surface area contributed by atoms with E-state index >= 15 is 0 Å². The minimum atomic E-state index is -4.37. The van der Waals surface area contributed by atoms with Gasteiger partial charge >= 0.3 is 78.8 Å². The number of rotatable bonds is 3. The van der Waals surface area contributed by atoms with E-state index in [0.717, 1.165) is 3.92 Å². The van der Waals surface area contributed by atoms with Crippen molar-refractivity contribution in [3.05, 3.63) is 30.3 Å². The summed E-state index contributed by atoms with van der Waals surface area (Å²) in [4.78, 5) is 0. The van der Waals surface area contributed by atoms with Crippen molar-refractivity contribution in [3.8, 4) is 5.75 Å². The van der Waals surface area contributed by atoms with Crippen molar-refractivity contribution >= 4 is 13.3 Å². The molecule has 0 saturated carbocycles. The molecule has 1 rings (SSSR count). The molecule has 0 aromatic heterocycles. The Morgan fingerprint density at radius 2 is 1.69 bits per heavy atom. The van der Waals surface area contributed by atoms with Crippen molar-refractivity contribution in [2.45, 2.75) is 0 Å². The summed E-state index contributed by atoms with van der Waals surface area (Å²) in [5, 5.41) is 0. The first-order chi connectivity index (χ1) is 6.02. The third-order valence-electron chi connectivity index (χ3n) is 1.39. The van der Waals surface area contributed by atoms with Crippen LogP contribution in [0.2, 0.25) is 0 Å². The molecule has 0 saturated heterocycles. The second kappa shape index (κ2) is 3.87. The molecule has 0 radical (unpaired) electrons. The molecule has 1 aromatic rings. The second-order valence-corrected chi connectivity index (χ2v) is 6.31. The van der Waals surface area contributed by atoms with Crippen LogP contribution in [0.4, 0.5) is 0 Å². The third kappa shape index (κ3) is 2.81. The van der Waals surface area contributed by atoms with E-state index in [1.807, 2.05) is 0 Å². The molecule has 0 N–H and O–H groups in total. The average Bonchev–Trinajstić information content (AvgIpc) is 2.05. The van der Waals surface area contributed by atoms with Crippen LogP contribution < -0.4 is 3.82 Å². The normalized spacial score (nSPS) is 11.6. The summed E-state index contributed by atoms with van der Waals surface area (Å²) in [5.74, 6) is 0.348. The maximum atomic E-state index is 11.3. The molecule has 0 fully saturated rings. The van der Waals surface area contributed by atoms with E-state index in [1.165, 1.54) is 14.1 Å². The van der Waals surface area contributed by atoms with E-state index in [0.29, 0.717) is 5.75 Å². The van der Waals surface area contributed by atoms with Crippen molar-refractivity contribution in [2.24, 2.45) is 0 Å². The van der Waals surface area contributed by atoms with Crippen LogP contribution in [0.3, 0.4) is 0 Å². The summed E-state index contributed by atoms with van der Waals surface area (Å²) in [6.45, 7) is 0. The molecule has 0 aliphatic rings. The molecule has 0 bridgehead atoms. The van der Waals surface area contributed by atoms with Gasteiger partial charge in [-0.05, 0) is 0 Å². The van der Waals surface area contributed by atoms with Gasteiger partial charge in [-0.3, -0.25) is 0 Å². The monoisotopic (exact) mass is 249 g/mol. The molecule has 4 nitrogen and oxygen atoms in total. The van der Waals surface area contributed by atoms with Gasteiger partial charge in [0.15, 0.2) is 0 Å². The molecule has 0 heterocycles. The predicted molar refractivity (Wildman–Crippen MR) is 47.9 cm³/mol. The van der Waals surface area contributed by atoms with Crippen molar-refractivity contribution in [1.29, 1.82) is 0 Å². The molecular formula is C8H11NO3Se. The minimum absolute atomic E-state index is 0.348. The molecule has 0 aliphatic carbocycles. The Balaban J connectivity index is 2.82. The third-order valence-corrected chi connectivity index (χ3v) is 4.11. The summed E-state index contributed by atoms with van der Waals surface area (Å²) in [5.41, 5.74) is 0. The van der Waals surface area contributed by atoms with Gasteiger partial charge in [0.1, 0.15) is 0 Å². The molecule has 0 atom stereocenters. The van der Waals surface area contributed by atoms with Crippen LogP contribution in [-0.4, -0.2) is 31.3 Å². The maximum absolute atomic E-state index is 11.3.